The first kappa shape index (κ1) is 15.9. The topological polar surface area (TPSA) is 49.4 Å². The van der Waals surface area contributed by atoms with E-state index < -0.39 is 27.5 Å². The predicted molar refractivity (Wildman–Crippen MR) is 65.5 cm³/mol. The first-order chi connectivity index (χ1) is 8.74. The third-order valence-electron chi connectivity index (χ3n) is 2.47. The summed E-state index contributed by atoms with van der Waals surface area (Å²) in [5, 5.41) is 2.72. The van der Waals surface area contributed by atoms with Crippen LogP contribution in [0.3, 0.4) is 0 Å². The standard InChI is InChI=1S/C11H15F3N2O2S/c1-16(2)19(17,18)4-3-15-7-8-5-9(12)11(14)10(13)6-8/h5-6,15H,3-4,7H2,1-2H3. The lowest BCUT2D eigenvalue weighted by Gasteiger charge is -2.11. The van der Waals surface area contributed by atoms with Crippen molar-refractivity contribution in [3.05, 3.63) is 35.1 Å². The van der Waals surface area contributed by atoms with E-state index in [-0.39, 0.29) is 24.4 Å². The largest absolute Gasteiger partial charge is 0.312 e. The summed E-state index contributed by atoms with van der Waals surface area (Å²) in [5.74, 6) is -4.18. The van der Waals surface area contributed by atoms with E-state index >= 15 is 0 Å². The van der Waals surface area contributed by atoms with Crippen LogP contribution in [0, 0.1) is 17.5 Å². The van der Waals surface area contributed by atoms with E-state index in [0.717, 1.165) is 16.4 Å². The maximum absolute atomic E-state index is 12.9. The SMILES string of the molecule is CN(C)S(=O)(=O)CCNCc1cc(F)c(F)c(F)c1. The number of nitrogens with zero attached hydrogens (tertiary/aromatic N) is 1. The van der Waals surface area contributed by atoms with Crippen molar-refractivity contribution in [1.82, 2.24) is 9.62 Å². The van der Waals surface area contributed by atoms with Gasteiger partial charge in [-0.25, -0.2) is 25.9 Å². The molecule has 19 heavy (non-hydrogen) atoms. The number of hydrogen-bond donors (Lipinski definition) is 1. The van der Waals surface area contributed by atoms with Gasteiger partial charge in [0, 0.05) is 27.2 Å². The fourth-order valence-electron chi connectivity index (χ4n) is 1.33. The van der Waals surface area contributed by atoms with Gasteiger partial charge in [0.15, 0.2) is 17.5 Å². The zero-order valence-corrected chi connectivity index (χ0v) is 11.4. The smallest absolute Gasteiger partial charge is 0.214 e. The Morgan fingerprint density at radius 1 is 1.16 bits per heavy atom. The van der Waals surface area contributed by atoms with Gasteiger partial charge in [0.05, 0.1) is 5.75 Å². The van der Waals surface area contributed by atoms with Crippen LogP contribution in [-0.4, -0.2) is 39.1 Å². The van der Waals surface area contributed by atoms with Crippen LogP contribution in [0.25, 0.3) is 0 Å². The molecule has 1 aromatic rings. The molecule has 0 aromatic heterocycles. The fraction of sp³-hybridized carbons (Fsp3) is 0.455. The Balaban J connectivity index is 2.51. The Bertz CT molecular complexity index is 524. The molecular formula is C11H15F3N2O2S. The molecule has 4 nitrogen and oxygen atoms in total. The number of sulfonamides is 1. The molecular weight excluding hydrogens is 281 g/mol. The van der Waals surface area contributed by atoms with Gasteiger partial charge in [-0.1, -0.05) is 0 Å². The third-order valence-corrected chi connectivity index (χ3v) is 4.30. The minimum absolute atomic E-state index is 0.0526. The van der Waals surface area contributed by atoms with Crippen LogP contribution in [-0.2, 0) is 16.6 Å². The minimum atomic E-state index is -3.31. The van der Waals surface area contributed by atoms with Gasteiger partial charge in [-0.15, -0.1) is 0 Å². The molecule has 0 radical (unpaired) electrons. The maximum atomic E-state index is 12.9. The van der Waals surface area contributed by atoms with Crippen molar-refractivity contribution in [3.8, 4) is 0 Å². The molecule has 0 saturated carbocycles. The summed E-state index contributed by atoms with van der Waals surface area (Å²) in [6, 6.07) is 1.73. The number of hydrogen-bond acceptors (Lipinski definition) is 3. The van der Waals surface area contributed by atoms with Crippen molar-refractivity contribution < 1.29 is 21.6 Å². The van der Waals surface area contributed by atoms with Gasteiger partial charge in [0.25, 0.3) is 0 Å². The highest BCUT2D eigenvalue weighted by Gasteiger charge is 2.13. The second-order valence-corrected chi connectivity index (χ2v) is 6.45. The van der Waals surface area contributed by atoms with Crippen LogP contribution in [0.4, 0.5) is 13.2 Å². The van der Waals surface area contributed by atoms with Crippen LogP contribution in [0.15, 0.2) is 12.1 Å². The lowest BCUT2D eigenvalue weighted by molar-refractivity contribution is 0.444. The van der Waals surface area contributed by atoms with Crippen molar-refractivity contribution in [3.63, 3.8) is 0 Å². The molecule has 0 saturated heterocycles. The van der Waals surface area contributed by atoms with E-state index in [0.29, 0.717) is 0 Å². The second kappa shape index (κ2) is 6.36. The van der Waals surface area contributed by atoms with Crippen LogP contribution in [0.1, 0.15) is 5.56 Å². The Labute approximate surface area is 110 Å². The zero-order valence-electron chi connectivity index (χ0n) is 10.6. The summed E-state index contributed by atoms with van der Waals surface area (Å²) in [4.78, 5) is 0. The first-order valence-corrected chi connectivity index (χ1v) is 7.09. The van der Waals surface area contributed by atoms with Crippen LogP contribution in [0.5, 0.6) is 0 Å². The van der Waals surface area contributed by atoms with Gasteiger partial charge < -0.3 is 5.32 Å². The lowest BCUT2D eigenvalue weighted by atomic mass is 10.2. The van der Waals surface area contributed by atoms with Gasteiger partial charge >= 0.3 is 0 Å². The molecule has 1 aromatic carbocycles. The minimum Gasteiger partial charge on any atom is -0.312 e. The Hall–Kier alpha value is -1.12. The summed E-state index contributed by atoms with van der Waals surface area (Å²) in [7, 11) is -0.480. The Kier molecular flexibility index (Phi) is 5.33. The molecule has 0 unspecified atom stereocenters. The van der Waals surface area contributed by atoms with E-state index in [4.69, 9.17) is 0 Å². The fourth-order valence-corrected chi connectivity index (χ4v) is 2.09. The van der Waals surface area contributed by atoms with Crippen LogP contribution >= 0.6 is 0 Å². The molecule has 0 aliphatic heterocycles. The first-order valence-electron chi connectivity index (χ1n) is 5.48. The zero-order chi connectivity index (χ0) is 14.6. The second-order valence-electron chi connectivity index (χ2n) is 4.15. The number of rotatable bonds is 6. The Morgan fingerprint density at radius 3 is 2.16 bits per heavy atom. The van der Waals surface area contributed by atoms with Crippen LogP contribution in [0.2, 0.25) is 0 Å². The number of benzene rings is 1. The molecule has 0 aliphatic carbocycles. The van der Waals surface area contributed by atoms with Gasteiger partial charge in [-0.05, 0) is 17.7 Å². The van der Waals surface area contributed by atoms with E-state index in [9.17, 15) is 21.6 Å². The van der Waals surface area contributed by atoms with E-state index in [1.165, 1.54) is 14.1 Å². The lowest BCUT2D eigenvalue weighted by Crippen LogP contribution is -2.31. The highest BCUT2D eigenvalue weighted by atomic mass is 32.2. The summed E-state index contributed by atoms with van der Waals surface area (Å²) >= 11 is 0. The average molecular weight is 296 g/mol. The molecule has 108 valence electrons. The predicted octanol–water partition coefficient (Wildman–Crippen LogP) is 1.08. The van der Waals surface area contributed by atoms with E-state index in [2.05, 4.69) is 5.32 Å². The van der Waals surface area contributed by atoms with Gasteiger partial charge in [-0.2, -0.15) is 0 Å². The molecule has 8 heteroatoms. The summed E-state index contributed by atoms with van der Waals surface area (Å²) < 4.78 is 62.4. The maximum Gasteiger partial charge on any atom is 0.214 e. The molecule has 0 amide bonds. The molecule has 0 atom stereocenters. The highest BCUT2D eigenvalue weighted by Crippen LogP contribution is 2.13. The molecule has 1 rings (SSSR count). The molecule has 0 spiro atoms. The van der Waals surface area contributed by atoms with Crippen molar-refractivity contribution in [2.75, 3.05) is 26.4 Å². The number of halogens is 3. The normalized spacial score (nSPS) is 12.1. The monoisotopic (exact) mass is 296 g/mol. The summed E-state index contributed by atoms with van der Waals surface area (Å²) in [5.41, 5.74) is 0.207. The quantitative estimate of drug-likeness (QED) is 0.631. The number of nitrogens with one attached hydrogen (secondary N) is 1. The summed E-state index contributed by atoms with van der Waals surface area (Å²) in [6.45, 7) is 0.179. The van der Waals surface area contributed by atoms with Crippen molar-refractivity contribution in [1.29, 1.82) is 0 Å². The van der Waals surface area contributed by atoms with E-state index in [1.54, 1.807) is 0 Å². The summed E-state index contributed by atoms with van der Waals surface area (Å²) in [6.07, 6.45) is 0. The average Bonchev–Trinajstić information content (AvgIpc) is 2.31. The van der Waals surface area contributed by atoms with Crippen molar-refractivity contribution in [2.24, 2.45) is 0 Å². The van der Waals surface area contributed by atoms with Crippen molar-refractivity contribution in [2.45, 2.75) is 6.54 Å². The molecule has 0 heterocycles. The molecule has 0 fully saturated rings. The van der Waals surface area contributed by atoms with Gasteiger partial charge in [0.2, 0.25) is 10.0 Å². The van der Waals surface area contributed by atoms with Crippen molar-refractivity contribution >= 4 is 10.0 Å². The van der Waals surface area contributed by atoms with Crippen LogP contribution < -0.4 is 5.32 Å². The molecule has 0 bridgehead atoms. The Morgan fingerprint density at radius 2 is 1.68 bits per heavy atom. The molecule has 1 N–H and O–H groups in total. The highest BCUT2D eigenvalue weighted by molar-refractivity contribution is 7.89. The van der Waals surface area contributed by atoms with Gasteiger partial charge in [-0.3, -0.25) is 0 Å². The van der Waals surface area contributed by atoms with E-state index in [1.807, 2.05) is 0 Å². The third kappa shape index (κ3) is 4.48. The molecule has 0 aliphatic rings. The van der Waals surface area contributed by atoms with Gasteiger partial charge in [0.1, 0.15) is 0 Å².